The number of carbonyl (C=O) groups excluding carboxylic acids is 2. The molecule has 6 heteroatoms. The molecule has 102 valence electrons. The van der Waals surface area contributed by atoms with Crippen molar-refractivity contribution >= 4 is 17.8 Å². The molecule has 0 aliphatic heterocycles. The molecule has 0 bridgehead atoms. The molecule has 1 fully saturated rings. The van der Waals surface area contributed by atoms with Gasteiger partial charge in [-0.2, -0.15) is 0 Å². The third-order valence-electron chi connectivity index (χ3n) is 3.34. The number of amides is 2. The molecule has 18 heavy (non-hydrogen) atoms. The molecule has 1 rings (SSSR count). The Morgan fingerprint density at radius 2 is 1.78 bits per heavy atom. The average Bonchev–Trinajstić information content (AvgIpc) is 2.76. The van der Waals surface area contributed by atoms with E-state index in [1.807, 2.05) is 0 Å². The van der Waals surface area contributed by atoms with E-state index in [-0.39, 0.29) is 11.8 Å². The topological polar surface area (TPSA) is 86.7 Å². The number of carbonyl (C=O) groups is 3. The van der Waals surface area contributed by atoms with Gasteiger partial charge >= 0.3 is 5.97 Å². The first-order valence-electron chi connectivity index (χ1n) is 6.09. The molecule has 2 amide bonds. The number of hydrogen-bond donors (Lipinski definition) is 2. The van der Waals surface area contributed by atoms with Gasteiger partial charge in [-0.05, 0) is 19.8 Å². The fraction of sp³-hybridized carbons (Fsp3) is 0.750. The Kier molecular flexibility index (Phi) is 4.69. The molecule has 0 aromatic rings. The van der Waals surface area contributed by atoms with Crippen molar-refractivity contribution in [1.82, 2.24) is 10.2 Å². The first kappa shape index (κ1) is 14.5. The summed E-state index contributed by atoms with van der Waals surface area (Å²) in [6, 6.07) is -0.623. The zero-order chi connectivity index (χ0) is 13.9. The van der Waals surface area contributed by atoms with Gasteiger partial charge in [-0.3, -0.25) is 14.4 Å². The Labute approximate surface area is 106 Å². The highest BCUT2D eigenvalue weighted by molar-refractivity contribution is 5.90. The Hall–Kier alpha value is -1.59. The summed E-state index contributed by atoms with van der Waals surface area (Å²) < 4.78 is 0. The third-order valence-corrected chi connectivity index (χ3v) is 3.34. The summed E-state index contributed by atoms with van der Waals surface area (Å²) in [4.78, 5) is 35.9. The second-order valence-electron chi connectivity index (χ2n) is 4.95. The summed E-state index contributed by atoms with van der Waals surface area (Å²) in [6.45, 7) is 1.60. The van der Waals surface area contributed by atoms with Gasteiger partial charge in [0.2, 0.25) is 11.8 Å². The second-order valence-corrected chi connectivity index (χ2v) is 4.95. The molecule has 0 saturated heterocycles. The van der Waals surface area contributed by atoms with Crippen LogP contribution in [0.1, 0.15) is 26.2 Å². The lowest BCUT2D eigenvalue weighted by atomic mass is 9.95. The average molecular weight is 256 g/mol. The zero-order valence-corrected chi connectivity index (χ0v) is 11.0. The van der Waals surface area contributed by atoms with Crippen LogP contribution < -0.4 is 5.32 Å². The molecule has 6 nitrogen and oxygen atoms in total. The van der Waals surface area contributed by atoms with Crippen LogP contribution in [0, 0.1) is 11.8 Å². The van der Waals surface area contributed by atoms with Gasteiger partial charge in [0.25, 0.3) is 0 Å². The Morgan fingerprint density at radius 3 is 2.28 bits per heavy atom. The largest absolute Gasteiger partial charge is 0.481 e. The lowest BCUT2D eigenvalue weighted by Gasteiger charge is -2.21. The molecule has 2 N–H and O–H groups in total. The van der Waals surface area contributed by atoms with E-state index in [2.05, 4.69) is 5.32 Å². The monoisotopic (exact) mass is 256 g/mol. The van der Waals surface area contributed by atoms with Crippen LogP contribution in [-0.4, -0.2) is 47.9 Å². The second kappa shape index (κ2) is 5.84. The Bertz CT molecular complexity index is 354. The molecular weight excluding hydrogens is 236 g/mol. The molecule has 0 aromatic heterocycles. The summed E-state index contributed by atoms with van der Waals surface area (Å²) in [6.07, 6.45) is 1.85. The quantitative estimate of drug-likeness (QED) is 0.745. The van der Waals surface area contributed by atoms with Gasteiger partial charge in [0.05, 0.1) is 11.8 Å². The van der Waals surface area contributed by atoms with Gasteiger partial charge in [-0.1, -0.05) is 6.42 Å². The van der Waals surface area contributed by atoms with Crippen LogP contribution in [0.15, 0.2) is 0 Å². The van der Waals surface area contributed by atoms with Gasteiger partial charge in [-0.15, -0.1) is 0 Å². The molecule has 3 atom stereocenters. The van der Waals surface area contributed by atoms with Crippen molar-refractivity contribution in [2.75, 3.05) is 14.1 Å². The van der Waals surface area contributed by atoms with Crippen molar-refractivity contribution in [3.8, 4) is 0 Å². The number of rotatable bonds is 4. The fourth-order valence-corrected chi connectivity index (χ4v) is 2.34. The van der Waals surface area contributed by atoms with Crippen molar-refractivity contribution in [3.63, 3.8) is 0 Å². The SMILES string of the molecule is CC(NC(=O)C1CCCC1C(=O)O)C(=O)N(C)C. The van der Waals surface area contributed by atoms with Crippen LogP contribution in [-0.2, 0) is 14.4 Å². The summed E-state index contributed by atoms with van der Waals surface area (Å²) >= 11 is 0. The minimum absolute atomic E-state index is 0.201. The standard InChI is InChI=1S/C12H20N2O4/c1-7(11(16)14(2)3)13-10(15)8-5-4-6-9(8)12(17)18/h7-9H,4-6H2,1-3H3,(H,13,15)(H,17,18). The highest BCUT2D eigenvalue weighted by atomic mass is 16.4. The fourth-order valence-electron chi connectivity index (χ4n) is 2.34. The number of nitrogens with zero attached hydrogens (tertiary/aromatic N) is 1. The van der Waals surface area contributed by atoms with E-state index in [0.717, 1.165) is 6.42 Å². The summed E-state index contributed by atoms with van der Waals surface area (Å²) in [5, 5.41) is 11.6. The van der Waals surface area contributed by atoms with E-state index >= 15 is 0 Å². The molecule has 0 heterocycles. The van der Waals surface area contributed by atoms with Crippen molar-refractivity contribution in [3.05, 3.63) is 0 Å². The number of carboxylic acid groups (broad SMARTS) is 1. The minimum atomic E-state index is -0.931. The van der Waals surface area contributed by atoms with Crippen molar-refractivity contribution in [1.29, 1.82) is 0 Å². The van der Waals surface area contributed by atoms with Crippen LogP contribution in [0.25, 0.3) is 0 Å². The lowest BCUT2D eigenvalue weighted by molar-refractivity contribution is -0.146. The van der Waals surface area contributed by atoms with Crippen molar-refractivity contribution in [2.45, 2.75) is 32.2 Å². The number of likely N-dealkylation sites (N-methyl/N-ethyl adjacent to an activating group) is 1. The number of hydrogen-bond acceptors (Lipinski definition) is 3. The number of aliphatic carboxylic acids is 1. The molecule has 0 radical (unpaired) electrons. The highest BCUT2D eigenvalue weighted by Gasteiger charge is 2.38. The van der Waals surface area contributed by atoms with E-state index in [1.165, 1.54) is 4.90 Å². The van der Waals surface area contributed by atoms with Crippen LogP contribution in [0.2, 0.25) is 0 Å². The van der Waals surface area contributed by atoms with Gasteiger partial charge in [0.1, 0.15) is 6.04 Å². The maximum absolute atomic E-state index is 12.0. The molecule has 0 spiro atoms. The number of carboxylic acids is 1. The lowest BCUT2D eigenvalue weighted by Crippen LogP contribution is -2.47. The molecule has 1 aliphatic rings. The highest BCUT2D eigenvalue weighted by Crippen LogP contribution is 2.32. The molecule has 1 aliphatic carbocycles. The molecule has 0 aromatic carbocycles. The van der Waals surface area contributed by atoms with Crippen LogP contribution >= 0.6 is 0 Å². The van der Waals surface area contributed by atoms with Crippen LogP contribution in [0.5, 0.6) is 0 Å². The number of nitrogens with one attached hydrogen (secondary N) is 1. The third kappa shape index (κ3) is 3.21. The summed E-state index contributed by atoms with van der Waals surface area (Å²) in [5.41, 5.74) is 0. The van der Waals surface area contributed by atoms with E-state index in [1.54, 1.807) is 21.0 Å². The van der Waals surface area contributed by atoms with E-state index < -0.39 is 23.8 Å². The molecule has 3 unspecified atom stereocenters. The first-order valence-corrected chi connectivity index (χ1v) is 6.09. The van der Waals surface area contributed by atoms with E-state index in [9.17, 15) is 14.4 Å². The maximum Gasteiger partial charge on any atom is 0.307 e. The van der Waals surface area contributed by atoms with Crippen LogP contribution in [0.3, 0.4) is 0 Å². The minimum Gasteiger partial charge on any atom is -0.481 e. The zero-order valence-electron chi connectivity index (χ0n) is 11.0. The van der Waals surface area contributed by atoms with E-state index in [4.69, 9.17) is 5.11 Å². The predicted octanol–water partition coefficient (Wildman–Crippen LogP) is 0.0802. The summed E-state index contributed by atoms with van der Waals surface area (Å²) in [7, 11) is 3.22. The van der Waals surface area contributed by atoms with Gasteiger partial charge < -0.3 is 15.3 Å². The molecular formula is C12H20N2O4. The van der Waals surface area contributed by atoms with E-state index in [0.29, 0.717) is 12.8 Å². The first-order chi connectivity index (χ1) is 8.34. The normalized spacial score (nSPS) is 24.4. The Balaban J connectivity index is 2.60. The Morgan fingerprint density at radius 1 is 1.22 bits per heavy atom. The van der Waals surface area contributed by atoms with Crippen molar-refractivity contribution < 1.29 is 19.5 Å². The van der Waals surface area contributed by atoms with Gasteiger partial charge in [0.15, 0.2) is 0 Å². The smallest absolute Gasteiger partial charge is 0.307 e. The van der Waals surface area contributed by atoms with Gasteiger partial charge in [-0.25, -0.2) is 0 Å². The summed E-state index contributed by atoms with van der Waals surface area (Å²) in [5.74, 6) is -2.60. The molecule has 1 saturated carbocycles. The van der Waals surface area contributed by atoms with Gasteiger partial charge in [0, 0.05) is 14.1 Å². The van der Waals surface area contributed by atoms with Crippen LogP contribution in [0.4, 0.5) is 0 Å². The maximum atomic E-state index is 12.0. The van der Waals surface area contributed by atoms with Crippen molar-refractivity contribution in [2.24, 2.45) is 11.8 Å². The predicted molar refractivity (Wildman–Crippen MR) is 64.8 cm³/mol.